The fourth-order valence-electron chi connectivity index (χ4n) is 2.16. The van der Waals surface area contributed by atoms with Crippen LogP contribution in [0.3, 0.4) is 0 Å². The van der Waals surface area contributed by atoms with E-state index in [1.807, 2.05) is 11.9 Å². The summed E-state index contributed by atoms with van der Waals surface area (Å²) < 4.78 is 37.1. The van der Waals surface area contributed by atoms with Gasteiger partial charge in [-0.05, 0) is 13.5 Å². The van der Waals surface area contributed by atoms with Crippen molar-refractivity contribution in [3.8, 4) is 0 Å². The predicted octanol–water partition coefficient (Wildman–Crippen LogP) is 0.962. The Morgan fingerprint density at radius 3 is 2.79 bits per heavy atom. The highest BCUT2D eigenvalue weighted by molar-refractivity contribution is 5.45. The van der Waals surface area contributed by atoms with Crippen LogP contribution in [0.25, 0.3) is 0 Å². The Morgan fingerprint density at radius 2 is 2.21 bits per heavy atom. The molecule has 8 heteroatoms. The van der Waals surface area contributed by atoms with Gasteiger partial charge in [-0.15, -0.1) is 0 Å². The molecule has 1 saturated heterocycles. The lowest BCUT2D eigenvalue weighted by Gasteiger charge is -2.18. The summed E-state index contributed by atoms with van der Waals surface area (Å²) >= 11 is 0. The number of halogens is 3. The highest BCUT2D eigenvalue weighted by Gasteiger charge is 2.30. The van der Waals surface area contributed by atoms with Crippen molar-refractivity contribution in [1.29, 1.82) is 0 Å². The minimum atomic E-state index is -4.30. The van der Waals surface area contributed by atoms with Crippen molar-refractivity contribution in [2.24, 2.45) is 0 Å². The number of nitrogens with two attached hydrogens (primary N) is 1. The number of alkyl halides is 3. The van der Waals surface area contributed by atoms with E-state index in [2.05, 4.69) is 15.3 Å². The fourth-order valence-corrected chi connectivity index (χ4v) is 2.16. The third-order valence-corrected chi connectivity index (χ3v) is 3.09. The second-order valence-electron chi connectivity index (χ2n) is 4.59. The molecule has 0 unspecified atom stereocenters. The molecule has 0 amide bonds. The minimum Gasteiger partial charge on any atom is -0.368 e. The normalized spacial score (nSPS) is 20.0. The van der Waals surface area contributed by atoms with Crippen LogP contribution in [0.2, 0.25) is 0 Å². The molecule has 2 heterocycles. The number of rotatable bonds is 3. The van der Waals surface area contributed by atoms with E-state index in [9.17, 15) is 13.2 Å². The lowest BCUT2D eigenvalue weighted by Crippen LogP contribution is -2.30. The summed E-state index contributed by atoms with van der Waals surface area (Å²) in [6.45, 7) is 1.45. The molecule has 0 bridgehead atoms. The molecule has 1 atom stereocenters. The zero-order valence-corrected chi connectivity index (χ0v) is 10.5. The molecule has 3 N–H and O–H groups in total. The number of hydrogen-bond acceptors (Lipinski definition) is 5. The maximum atomic E-state index is 12.4. The molecule has 0 aromatic carbocycles. The molecule has 1 aliphatic rings. The van der Waals surface area contributed by atoms with Gasteiger partial charge in [0.25, 0.3) is 0 Å². The summed E-state index contributed by atoms with van der Waals surface area (Å²) in [5.74, 6) is 0.342. The first-order chi connectivity index (χ1) is 8.87. The summed E-state index contributed by atoms with van der Waals surface area (Å²) in [5.41, 5.74) is 5.39. The number of likely N-dealkylation sites (N-methyl/N-ethyl adjacent to an activating group) is 1. The lowest BCUT2D eigenvalue weighted by molar-refractivity contribution is -0.127. The summed E-state index contributed by atoms with van der Waals surface area (Å²) in [6.07, 6.45) is -4.46. The van der Waals surface area contributed by atoms with Crippen LogP contribution >= 0.6 is 0 Å². The molecule has 0 radical (unpaired) electrons. The number of nitrogen functional groups attached to an aromatic ring is 1. The van der Waals surface area contributed by atoms with Gasteiger partial charge in [0.15, 0.2) is 0 Å². The zero-order chi connectivity index (χ0) is 14.0. The van der Waals surface area contributed by atoms with Crippen molar-refractivity contribution in [1.82, 2.24) is 15.3 Å². The molecular weight excluding hydrogens is 259 g/mol. The minimum absolute atomic E-state index is 0.0945. The Balaban J connectivity index is 2.17. The van der Waals surface area contributed by atoms with E-state index >= 15 is 0 Å². The predicted molar refractivity (Wildman–Crippen MR) is 65.9 cm³/mol. The van der Waals surface area contributed by atoms with E-state index in [-0.39, 0.29) is 11.6 Å². The SMILES string of the molecule is CN[C@@H]1CCN(c2cc(CC(F)(F)F)nc(N)n2)C1. The number of anilines is 2. The maximum Gasteiger partial charge on any atom is 0.394 e. The molecule has 1 aromatic rings. The molecule has 5 nitrogen and oxygen atoms in total. The first-order valence-corrected chi connectivity index (χ1v) is 6.00. The summed E-state index contributed by atoms with van der Waals surface area (Å²) in [7, 11) is 1.86. The molecule has 0 spiro atoms. The van der Waals surface area contributed by atoms with Crippen LogP contribution in [-0.4, -0.2) is 42.3 Å². The maximum absolute atomic E-state index is 12.4. The number of aromatic nitrogens is 2. The largest absolute Gasteiger partial charge is 0.394 e. The first kappa shape index (κ1) is 13.9. The quantitative estimate of drug-likeness (QED) is 0.860. The van der Waals surface area contributed by atoms with Crippen molar-refractivity contribution in [3.05, 3.63) is 11.8 Å². The van der Waals surface area contributed by atoms with Gasteiger partial charge in [0.05, 0.1) is 12.1 Å². The van der Waals surface area contributed by atoms with Crippen molar-refractivity contribution < 1.29 is 13.2 Å². The average molecular weight is 275 g/mol. The lowest BCUT2D eigenvalue weighted by atomic mass is 10.3. The molecule has 1 fully saturated rings. The highest BCUT2D eigenvalue weighted by Crippen LogP contribution is 2.24. The van der Waals surface area contributed by atoms with Crippen LogP contribution in [0.5, 0.6) is 0 Å². The molecular formula is C11H16F3N5. The van der Waals surface area contributed by atoms with E-state index in [1.54, 1.807) is 0 Å². The van der Waals surface area contributed by atoms with Gasteiger partial charge in [0, 0.05) is 25.2 Å². The monoisotopic (exact) mass is 275 g/mol. The van der Waals surface area contributed by atoms with Gasteiger partial charge < -0.3 is 16.0 Å². The van der Waals surface area contributed by atoms with Gasteiger partial charge in [-0.1, -0.05) is 0 Å². The van der Waals surface area contributed by atoms with Gasteiger partial charge in [-0.2, -0.15) is 18.2 Å². The summed E-state index contributed by atoms with van der Waals surface area (Å²) in [6, 6.07) is 1.68. The highest BCUT2D eigenvalue weighted by atomic mass is 19.4. The van der Waals surface area contributed by atoms with Crippen LogP contribution in [-0.2, 0) is 6.42 Å². The Hall–Kier alpha value is -1.57. The van der Waals surface area contributed by atoms with Crippen molar-refractivity contribution in [2.75, 3.05) is 30.8 Å². The van der Waals surface area contributed by atoms with Gasteiger partial charge >= 0.3 is 6.18 Å². The molecule has 1 aliphatic heterocycles. The first-order valence-electron chi connectivity index (χ1n) is 6.00. The molecule has 0 aliphatic carbocycles. The van der Waals surface area contributed by atoms with Gasteiger partial charge in [0.1, 0.15) is 5.82 Å². The molecule has 19 heavy (non-hydrogen) atoms. The van der Waals surface area contributed by atoms with Gasteiger partial charge in [-0.3, -0.25) is 0 Å². The fraction of sp³-hybridized carbons (Fsp3) is 0.636. The van der Waals surface area contributed by atoms with E-state index in [4.69, 9.17) is 5.73 Å². The van der Waals surface area contributed by atoms with Crippen molar-refractivity contribution in [3.63, 3.8) is 0 Å². The number of nitrogens with one attached hydrogen (secondary N) is 1. The molecule has 2 rings (SSSR count). The topological polar surface area (TPSA) is 67.1 Å². The van der Waals surface area contributed by atoms with Crippen molar-refractivity contribution in [2.45, 2.75) is 25.1 Å². The van der Waals surface area contributed by atoms with Crippen molar-refractivity contribution >= 4 is 11.8 Å². The zero-order valence-electron chi connectivity index (χ0n) is 10.5. The molecule has 0 saturated carbocycles. The number of nitrogens with zero attached hydrogens (tertiary/aromatic N) is 3. The van der Waals surface area contributed by atoms with E-state index < -0.39 is 12.6 Å². The summed E-state index contributed by atoms with van der Waals surface area (Å²) in [5, 5.41) is 3.13. The van der Waals surface area contributed by atoms with E-state index in [1.165, 1.54) is 6.07 Å². The Labute approximate surface area is 109 Å². The van der Waals surface area contributed by atoms with Gasteiger partial charge in [-0.25, -0.2) is 4.98 Å². The van der Waals surface area contributed by atoms with Crippen LogP contribution in [0.1, 0.15) is 12.1 Å². The standard InChI is InChI=1S/C11H16F3N5/c1-16-7-2-3-19(6-7)9-4-8(5-11(12,13)14)17-10(15)18-9/h4,7,16H,2-3,5-6H2,1H3,(H2,15,17,18)/t7-/m1/s1. The van der Waals surface area contributed by atoms with Crippen LogP contribution in [0.4, 0.5) is 24.9 Å². The van der Waals surface area contributed by atoms with E-state index in [0.29, 0.717) is 18.4 Å². The smallest absolute Gasteiger partial charge is 0.368 e. The van der Waals surface area contributed by atoms with Crippen LogP contribution in [0.15, 0.2) is 6.07 Å². The second kappa shape index (κ2) is 5.20. The third-order valence-electron chi connectivity index (χ3n) is 3.09. The Morgan fingerprint density at radius 1 is 1.47 bits per heavy atom. The second-order valence-corrected chi connectivity index (χ2v) is 4.59. The Kier molecular flexibility index (Phi) is 3.79. The van der Waals surface area contributed by atoms with Gasteiger partial charge in [0.2, 0.25) is 5.95 Å². The van der Waals surface area contributed by atoms with E-state index in [0.717, 1.165) is 13.0 Å². The summed E-state index contributed by atoms with van der Waals surface area (Å²) in [4.78, 5) is 9.56. The van der Waals surface area contributed by atoms with Crippen LogP contribution < -0.4 is 16.0 Å². The van der Waals surface area contributed by atoms with Crippen LogP contribution in [0, 0.1) is 0 Å². The average Bonchev–Trinajstić information content (AvgIpc) is 2.74. The molecule has 106 valence electrons. The Bertz CT molecular complexity index is 448. The third kappa shape index (κ3) is 3.69. The number of hydrogen-bond donors (Lipinski definition) is 2. The molecule has 1 aromatic heterocycles.